The molecule has 1 aliphatic rings. The van der Waals surface area contributed by atoms with Crippen LogP contribution >= 0.6 is 15.9 Å². The molecule has 0 bridgehead atoms. The van der Waals surface area contributed by atoms with E-state index in [0.717, 1.165) is 4.47 Å². The zero-order chi connectivity index (χ0) is 16.4. The summed E-state index contributed by atoms with van der Waals surface area (Å²) in [7, 11) is 1.55. The van der Waals surface area contributed by atoms with Gasteiger partial charge in [0.25, 0.3) is 0 Å². The van der Waals surface area contributed by atoms with E-state index >= 15 is 0 Å². The lowest BCUT2D eigenvalue weighted by atomic mass is 10.1. The van der Waals surface area contributed by atoms with Gasteiger partial charge in [-0.3, -0.25) is 0 Å². The molecular formula is C17H11BrFNO3. The zero-order valence-electron chi connectivity index (χ0n) is 12.0. The number of ether oxygens (including phenoxy) is 2. The molecule has 0 saturated carbocycles. The van der Waals surface area contributed by atoms with Crippen molar-refractivity contribution in [1.29, 1.82) is 0 Å². The van der Waals surface area contributed by atoms with Crippen molar-refractivity contribution >= 4 is 33.9 Å². The third-order valence-electron chi connectivity index (χ3n) is 3.20. The van der Waals surface area contributed by atoms with Crippen molar-refractivity contribution in [3.63, 3.8) is 0 Å². The number of methoxy groups -OCH3 is 1. The number of nitrogens with zero attached hydrogens (tertiary/aromatic N) is 1. The van der Waals surface area contributed by atoms with Crippen molar-refractivity contribution in [3.8, 4) is 5.75 Å². The molecule has 0 N–H and O–H groups in total. The summed E-state index contributed by atoms with van der Waals surface area (Å²) in [5, 5.41) is 0. The lowest BCUT2D eigenvalue weighted by Gasteiger charge is -2.04. The Labute approximate surface area is 140 Å². The Morgan fingerprint density at radius 1 is 1.22 bits per heavy atom. The second-order valence-corrected chi connectivity index (χ2v) is 5.64. The number of carbonyl (C=O) groups excluding carboxylic acids is 1. The van der Waals surface area contributed by atoms with Crippen LogP contribution in [0.25, 0.3) is 6.08 Å². The van der Waals surface area contributed by atoms with Crippen LogP contribution in [-0.4, -0.2) is 19.0 Å². The number of halogens is 2. The third-order valence-corrected chi connectivity index (χ3v) is 3.69. The van der Waals surface area contributed by atoms with Crippen LogP contribution in [0.3, 0.4) is 0 Å². The van der Waals surface area contributed by atoms with Gasteiger partial charge in [0.05, 0.1) is 7.11 Å². The standard InChI is InChI=1S/C17H11BrFNO3/c1-22-15-7-4-12(18)8-11(15)9-14-17(21)23-16(20-14)10-2-5-13(19)6-3-10/h2-9H,1H3. The molecule has 0 unspecified atom stereocenters. The molecule has 0 amide bonds. The quantitative estimate of drug-likeness (QED) is 0.602. The number of aliphatic imine (C=N–C) groups is 1. The van der Waals surface area contributed by atoms with Crippen LogP contribution in [0.1, 0.15) is 11.1 Å². The Morgan fingerprint density at radius 3 is 2.65 bits per heavy atom. The third kappa shape index (κ3) is 3.32. The molecule has 1 heterocycles. The van der Waals surface area contributed by atoms with E-state index in [0.29, 0.717) is 16.9 Å². The minimum absolute atomic E-state index is 0.148. The highest BCUT2D eigenvalue weighted by Crippen LogP contribution is 2.27. The zero-order valence-corrected chi connectivity index (χ0v) is 13.6. The molecular weight excluding hydrogens is 365 g/mol. The van der Waals surface area contributed by atoms with E-state index in [-0.39, 0.29) is 17.4 Å². The highest BCUT2D eigenvalue weighted by molar-refractivity contribution is 9.10. The van der Waals surface area contributed by atoms with Crippen molar-refractivity contribution in [3.05, 3.63) is 69.6 Å². The van der Waals surface area contributed by atoms with E-state index in [2.05, 4.69) is 20.9 Å². The van der Waals surface area contributed by atoms with Gasteiger partial charge in [-0.2, -0.15) is 0 Å². The fourth-order valence-corrected chi connectivity index (χ4v) is 2.47. The lowest BCUT2D eigenvalue weighted by molar-refractivity contribution is -0.129. The summed E-state index contributed by atoms with van der Waals surface area (Å²) < 4.78 is 24.2. The largest absolute Gasteiger partial charge is 0.496 e. The summed E-state index contributed by atoms with van der Waals surface area (Å²) in [6, 6.07) is 11.0. The molecule has 3 rings (SSSR count). The average Bonchev–Trinajstić information content (AvgIpc) is 2.89. The average molecular weight is 376 g/mol. The van der Waals surface area contributed by atoms with Crippen molar-refractivity contribution in [1.82, 2.24) is 0 Å². The molecule has 0 saturated heterocycles. The van der Waals surface area contributed by atoms with E-state index in [1.54, 1.807) is 19.3 Å². The Hall–Kier alpha value is -2.47. The number of rotatable bonds is 3. The van der Waals surface area contributed by atoms with Gasteiger partial charge in [-0.15, -0.1) is 0 Å². The maximum atomic E-state index is 13.0. The van der Waals surface area contributed by atoms with Crippen molar-refractivity contribution in [2.75, 3.05) is 7.11 Å². The molecule has 116 valence electrons. The number of benzene rings is 2. The van der Waals surface area contributed by atoms with Crippen LogP contribution in [-0.2, 0) is 9.53 Å². The van der Waals surface area contributed by atoms with Gasteiger partial charge in [0.2, 0.25) is 5.90 Å². The van der Waals surface area contributed by atoms with Gasteiger partial charge in [0.15, 0.2) is 5.70 Å². The lowest BCUT2D eigenvalue weighted by Crippen LogP contribution is -2.05. The predicted molar refractivity (Wildman–Crippen MR) is 87.7 cm³/mol. The van der Waals surface area contributed by atoms with Crippen molar-refractivity contribution in [2.24, 2.45) is 4.99 Å². The normalized spacial score (nSPS) is 15.5. The second kappa shape index (κ2) is 6.34. The first kappa shape index (κ1) is 15.4. The molecule has 0 fully saturated rings. The predicted octanol–water partition coefficient (Wildman–Crippen LogP) is 3.94. The Balaban J connectivity index is 1.98. The monoisotopic (exact) mass is 375 g/mol. The Kier molecular flexibility index (Phi) is 4.25. The molecule has 0 spiro atoms. The SMILES string of the molecule is COc1ccc(Br)cc1C=C1N=C(c2ccc(F)cc2)OC1=O. The molecule has 0 aromatic heterocycles. The summed E-state index contributed by atoms with van der Waals surface area (Å²) in [6.07, 6.45) is 1.59. The van der Waals surface area contributed by atoms with Gasteiger partial charge in [0.1, 0.15) is 11.6 Å². The van der Waals surface area contributed by atoms with Gasteiger partial charge < -0.3 is 9.47 Å². The summed E-state index contributed by atoms with van der Waals surface area (Å²) in [6.45, 7) is 0. The Morgan fingerprint density at radius 2 is 1.96 bits per heavy atom. The second-order valence-electron chi connectivity index (χ2n) is 4.73. The number of hydrogen-bond donors (Lipinski definition) is 0. The fourth-order valence-electron chi connectivity index (χ4n) is 2.09. The molecule has 23 heavy (non-hydrogen) atoms. The van der Waals surface area contributed by atoms with Gasteiger partial charge in [-0.1, -0.05) is 15.9 Å². The van der Waals surface area contributed by atoms with E-state index < -0.39 is 5.97 Å². The summed E-state index contributed by atoms with van der Waals surface area (Å²) in [5.74, 6) is -0.172. The smallest absolute Gasteiger partial charge is 0.363 e. The first-order valence-electron chi connectivity index (χ1n) is 6.69. The highest BCUT2D eigenvalue weighted by atomic mass is 79.9. The number of cyclic esters (lactones) is 1. The van der Waals surface area contributed by atoms with Gasteiger partial charge in [-0.05, 0) is 48.5 Å². The number of carbonyl (C=O) groups is 1. The maximum absolute atomic E-state index is 13.0. The molecule has 6 heteroatoms. The van der Waals surface area contributed by atoms with Gasteiger partial charge in [-0.25, -0.2) is 14.2 Å². The molecule has 0 radical (unpaired) electrons. The van der Waals surface area contributed by atoms with E-state index in [1.807, 2.05) is 12.1 Å². The Bertz CT molecular complexity index is 828. The first-order chi connectivity index (χ1) is 11.1. The van der Waals surface area contributed by atoms with Crippen LogP contribution in [0.15, 0.2) is 57.6 Å². The van der Waals surface area contributed by atoms with Crippen LogP contribution in [0.4, 0.5) is 4.39 Å². The molecule has 2 aromatic rings. The van der Waals surface area contributed by atoms with Crippen LogP contribution in [0.2, 0.25) is 0 Å². The molecule has 0 atom stereocenters. The van der Waals surface area contributed by atoms with Crippen LogP contribution in [0, 0.1) is 5.82 Å². The van der Waals surface area contributed by atoms with Crippen LogP contribution in [0.5, 0.6) is 5.75 Å². The van der Waals surface area contributed by atoms with E-state index in [9.17, 15) is 9.18 Å². The first-order valence-corrected chi connectivity index (χ1v) is 7.48. The topological polar surface area (TPSA) is 47.9 Å². The van der Waals surface area contributed by atoms with Gasteiger partial charge >= 0.3 is 5.97 Å². The number of hydrogen-bond acceptors (Lipinski definition) is 4. The van der Waals surface area contributed by atoms with Gasteiger partial charge in [0, 0.05) is 15.6 Å². The number of esters is 1. The summed E-state index contributed by atoms with van der Waals surface area (Å²) in [4.78, 5) is 16.2. The van der Waals surface area contributed by atoms with E-state index in [4.69, 9.17) is 9.47 Å². The fraction of sp³-hybridized carbons (Fsp3) is 0.0588. The summed E-state index contributed by atoms with van der Waals surface area (Å²) >= 11 is 3.37. The maximum Gasteiger partial charge on any atom is 0.363 e. The molecule has 4 nitrogen and oxygen atoms in total. The highest BCUT2D eigenvalue weighted by Gasteiger charge is 2.24. The van der Waals surface area contributed by atoms with E-state index in [1.165, 1.54) is 24.3 Å². The van der Waals surface area contributed by atoms with Crippen molar-refractivity contribution < 1.29 is 18.7 Å². The molecule has 1 aliphatic heterocycles. The molecule has 2 aromatic carbocycles. The summed E-state index contributed by atoms with van der Waals surface area (Å²) in [5.41, 5.74) is 1.38. The minimum atomic E-state index is -0.564. The van der Waals surface area contributed by atoms with Crippen LogP contribution < -0.4 is 4.74 Å². The van der Waals surface area contributed by atoms with Crippen molar-refractivity contribution in [2.45, 2.75) is 0 Å². The minimum Gasteiger partial charge on any atom is -0.496 e. The molecule has 0 aliphatic carbocycles.